The van der Waals surface area contributed by atoms with Crippen LogP contribution in [0.1, 0.15) is 18.1 Å². The standard InChI is InChI=1S/C22H20O4.C6H10O3/c1-17(21(25)26)22(15-13-20(23)24,16-19-10-6-3-7-11-19)14-12-18-8-4-2-5-9-18;1-5(2)6(8)9-4-3-7/h2-15H,1,16H2,(H,23,24)(H,25,26);7H,1,3-4H2,2H3. The first kappa shape index (κ1) is 28.8. The summed E-state index contributed by atoms with van der Waals surface area (Å²) in [6, 6.07) is 18.7. The van der Waals surface area contributed by atoms with Crippen LogP contribution >= 0.6 is 0 Å². The van der Waals surface area contributed by atoms with Gasteiger partial charge in [0.15, 0.2) is 0 Å². The van der Waals surface area contributed by atoms with Gasteiger partial charge in [0.2, 0.25) is 0 Å². The second-order valence-corrected chi connectivity index (χ2v) is 7.54. The van der Waals surface area contributed by atoms with Gasteiger partial charge in [-0.3, -0.25) is 0 Å². The highest BCUT2D eigenvalue weighted by atomic mass is 16.5. The van der Waals surface area contributed by atoms with Crippen molar-refractivity contribution in [3.05, 3.63) is 114 Å². The quantitative estimate of drug-likeness (QED) is 0.325. The predicted molar refractivity (Wildman–Crippen MR) is 134 cm³/mol. The molecule has 0 saturated carbocycles. The Bertz CT molecular complexity index is 1070. The molecule has 0 radical (unpaired) electrons. The van der Waals surface area contributed by atoms with Gasteiger partial charge in [-0.2, -0.15) is 0 Å². The van der Waals surface area contributed by atoms with Crippen LogP contribution in [0, 0.1) is 5.41 Å². The van der Waals surface area contributed by atoms with E-state index >= 15 is 0 Å². The van der Waals surface area contributed by atoms with Gasteiger partial charge in [-0.15, -0.1) is 0 Å². The summed E-state index contributed by atoms with van der Waals surface area (Å²) in [4.78, 5) is 33.2. The molecule has 2 aromatic carbocycles. The lowest BCUT2D eigenvalue weighted by atomic mass is 9.74. The molecule has 0 fully saturated rings. The maximum absolute atomic E-state index is 11.7. The minimum atomic E-state index is -1.17. The SMILES string of the molecule is C=C(C(=O)O)C(C=CC(=O)O)(C=Cc1ccccc1)Cc1ccccc1.C=C(C)C(=O)OCCO. The molecule has 0 aliphatic carbocycles. The van der Waals surface area contributed by atoms with E-state index in [2.05, 4.69) is 17.9 Å². The van der Waals surface area contributed by atoms with Crippen LogP contribution in [0.2, 0.25) is 0 Å². The third-order valence-corrected chi connectivity index (χ3v) is 4.73. The Morgan fingerprint density at radius 2 is 1.51 bits per heavy atom. The number of aliphatic hydroxyl groups excluding tert-OH is 1. The monoisotopic (exact) mass is 478 g/mol. The molecule has 0 bridgehead atoms. The fraction of sp³-hybridized carbons (Fsp3) is 0.179. The van der Waals surface area contributed by atoms with E-state index in [0.717, 1.165) is 17.2 Å². The highest BCUT2D eigenvalue weighted by Gasteiger charge is 2.32. The number of allylic oxidation sites excluding steroid dienone is 2. The number of carbonyl (C=O) groups excluding carboxylic acids is 1. The van der Waals surface area contributed by atoms with Gasteiger partial charge in [-0.05, 0) is 24.5 Å². The van der Waals surface area contributed by atoms with E-state index in [1.165, 1.54) is 6.08 Å². The van der Waals surface area contributed by atoms with Crippen LogP contribution in [0.5, 0.6) is 0 Å². The first-order valence-electron chi connectivity index (χ1n) is 10.7. The number of hydrogen-bond acceptors (Lipinski definition) is 5. The summed E-state index contributed by atoms with van der Waals surface area (Å²) in [6.45, 7) is 8.53. The molecule has 7 nitrogen and oxygen atoms in total. The van der Waals surface area contributed by atoms with Crippen molar-refractivity contribution in [1.29, 1.82) is 0 Å². The molecule has 7 heteroatoms. The fourth-order valence-corrected chi connectivity index (χ4v) is 2.90. The molecule has 35 heavy (non-hydrogen) atoms. The van der Waals surface area contributed by atoms with E-state index in [1.807, 2.05) is 60.7 Å². The lowest BCUT2D eigenvalue weighted by Gasteiger charge is -2.28. The van der Waals surface area contributed by atoms with Crippen LogP contribution in [0.25, 0.3) is 6.08 Å². The molecule has 2 aromatic rings. The second-order valence-electron chi connectivity index (χ2n) is 7.54. The predicted octanol–water partition coefficient (Wildman–Crippen LogP) is 4.31. The molecule has 0 amide bonds. The van der Waals surface area contributed by atoms with E-state index in [0.29, 0.717) is 5.57 Å². The summed E-state index contributed by atoms with van der Waals surface area (Å²) in [5.41, 5.74) is 0.852. The molecule has 1 atom stereocenters. The van der Waals surface area contributed by atoms with Crippen molar-refractivity contribution in [2.45, 2.75) is 13.3 Å². The van der Waals surface area contributed by atoms with Gasteiger partial charge in [0.05, 0.1) is 6.61 Å². The number of aliphatic hydroxyl groups is 1. The van der Waals surface area contributed by atoms with Crippen LogP contribution in [0.15, 0.2) is 103 Å². The van der Waals surface area contributed by atoms with E-state index in [9.17, 15) is 19.5 Å². The minimum absolute atomic E-state index is 0.0473. The van der Waals surface area contributed by atoms with Gasteiger partial charge in [0.25, 0.3) is 0 Å². The maximum Gasteiger partial charge on any atom is 0.333 e. The number of benzene rings is 2. The molecule has 0 heterocycles. The molecule has 0 aliphatic rings. The lowest BCUT2D eigenvalue weighted by Crippen LogP contribution is -2.26. The largest absolute Gasteiger partial charge is 0.478 e. The van der Waals surface area contributed by atoms with Crippen molar-refractivity contribution in [1.82, 2.24) is 0 Å². The molecule has 184 valence electrons. The van der Waals surface area contributed by atoms with Gasteiger partial charge in [-0.1, -0.05) is 92.0 Å². The summed E-state index contributed by atoms with van der Waals surface area (Å²) < 4.78 is 4.46. The molecule has 2 rings (SSSR count). The topological polar surface area (TPSA) is 121 Å². The highest BCUT2D eigenvalue weighted by Crippen LogP contribution is 2.35. The highest BCUT2D eigenvalue weighted by molar-refractivity contribution is 5.90. The van der Waals surface area contributed by atoms with Crippen molar-refractivity contribution < 1.29 is 34.4 Å². The Hall–Kier alpha value is -4.23. The third kappa shape index (κ3) is 10.5. The Balaban J connectivity index is 0.000000579. The van der Waals surface area contributed by atoms with Crippen molar-refractivity contribution in [2.24, 2.45) is 5.41 Å². The molecule has 1 unspecified atom stereocenters. The van der Waals surface area contributed by atoms with Gasteiger partial charge < -0.3 is 20.1 Å². The van der Waals surface area contributed by atoms with Crippen molar-refractivity contribution in [3.63, 3.8) is 0 Å². The fourth-order valence-electron chi connectivity index (χ4n) is 2.90. The van der Waals surface area contributed by atoms with Gasteiger partial charge in [0, 0.05) is 22.6 Å². The Morgan fingerprint density at radius 1 is 0.943 bits per heavy atom. The van der Waals surface area contributed by atoms with E-state index in [1.54, 1.807) is 19.1 Å². The van der Waals surface area contributed by atoms with E-state index in [-0.39, 0.29) is 25.2 Å². The minimum Gasteiger partial charge on any atom is -0.478 e. The van der Waals surface area contributed by atoms with Gasteiger partial charge in [0.1, 0.15) is 6.61 Å². The third-order valence-electron chi connectivity index (χ3n) is 4.73. The molecule has 0 spiro atoms. The number of rotatable bonds is 11. The van der Waals surface area contributed by atoms with Gasteiger partial charge in [-0.25, -0.2) is 14.4 Å². The number of carbonyl (C=O) groups is 3. The Labute approximate surface area is 205 Å². The zero-order chi connectivity index (χ0) is 26.3. The number of aliphatic carboxylic acids is 2. The Morgan fingerprint density at radius 3 is 2.00 bits per heavy atom. The average Bonchev–Trinajstić information content (AvgIpc) is 2.85. The number of ether oxygens (including phenoxy) is 1. The smallest absolute Gasteiger partial charge is 0.333 e. The molecule has 0 aromatic heterocycles. The summed E-state index contributed by atoms with van der Waals surface area (Å²) in [7, 11) is 0. The average molecular weight is 479 g/mol. The van der Waals surface area contributed by atoms with E-state index in [4.69, 9.17) is 10.2 Å². The molecular weight excluding hydrogens is 448 g/mol. The summed E-state index contributed by atoms with van der Waals surface area (Å²) in [6.07, 6.45) is 6.12. The molecule has 0 saturated heterocycles. The number of carboxylic acid groups (broad SMARTS) is 2. The van der Waals surface area contributed by atoms with Crippen LogP contribution in [0.4, 0.5) is 0 Å². The van der Waals surface area contributed by atoms with E-state index < -0.39 is 23.3 Å². The van der Waals surface area contributed by atoms with Crippen LogP contribution in [-0.2, 0) is 25.5 Å². The summed E-state index contributed by atoms with van der Waals surface area (Å²) in [5.74, 6) is -2.77. The summed E-state index contributed by atoms with van der Waals surface area (Å²) >= 11 is 0. The van der Waals surface area contributed by atoms with Crippen LogP contribution in [-0.4, -0.2) is 46.4 Å². The maximum atomic E-state index is 11.7. The van der Waals surface area contributed by atoms with Crippen LogP contribution in [0.3, 0.4) is 0 Å². The van der Waals surface area contributed by atoms with Crippen molar-refractivity contribution in [2.75, 3.05) is 13.2 Å². The molecule has 3 N–H and O–H groups in total. The molecular formula is C28H30O7. The second kappa shape index (κ2) is 14.8. The molecule has 0 aliphatic heterocycles. The first-order chi connectivity index (χ1) is 16.6. The Kier molecular flexibility index (Phi) is 12.2. The first-order valence-corrected chi connectivity index (χ1v) is 10.7. The number of esters is 1. The lowest BCUT2D eigenvalue weighted by molar-refractivity contribution is -0.140. The normalized spacial score (nSPS) is 12.3. The summed E-state index contributed by atoms with van der Waals surface area (Å²) in [5, 5.41) is 26.8. The van der Waals surface area contributed by atoms with Crippen molar-refractivity contribution >= 4 is 24.0 Å². The van der Waals surface area contributed by atoms with Crippen molar-refractivity contribution in [3.8, 4) is 0 Å². The zero-order valence-corrected chi connectivity index (χ0v) is 19.6. The van der Waals surface area contributed by atoms with Gasteiger partial charge >= 0.3 is 17.9 Å². The number of carboxylic acids is 2. The number of hydrogen-bond donors (Lipinski definition) is 3. The van der Waals surface area contributed by atoms with Crippen LogP contribution < -0.4 is 0 Å². The zero-order valence-electron chi connectivity index (χ0n) is 19.6.